The van der Waals surface area contributed by atoms with Gasteiger partial charge in [-0.05, 0) is 19.2 Å². The molecule has 1 N–H and O–H groups in total. The molecule has 0 aromatic heterocycles. The van der Waals surface area contributed by atoms with E-state index >= 15 is 0 Å². The van der Waals surface area contributed by atoms with Crippen LogP contribution in [0.5, 0.6) is 5.75 Å². The van der Waals surface area contributed by atoms with Gasteiger partial charge in [-0.1, -0.05) is 22.9 Å². The Balaban J connectivity index is 2.50. The molecule has 0 aliphatic carbocycles. The first-order valence-corrected chi connectivity index (χ1v) is 5.64. The molecule has 1 unspecified atom stereocenters. The lowest BCUT2D eigenvalue weighted by Crippen LogP contribution is -2.21. The molecule has 84 valence electrons. The highest BCUT2D eigenvalue weighted by molar-refractivity contribution is 9.10. The van der Waals surface area contributed by atoms with E-state index in [4.69, 9.17) is 4.74 Å². The number of ether oxygens (including phenoxy) is 1. The average molecular weight is 276 g/mol. The molecule has 1 aromatic carbocycles. The van der Waals surface area contributed by atoms with Crippen molar-refractivity contribution in [3.63, 3.8) is 0 Å². The van der Waals surface area contributed by atoms with Crippen molar-refractivity contribution in [1.29, 1.82) is 0 Å². The zero-order chi connectivity index (χ0) is 11.3. The van der Waals surface area contributed by atoms with Gasteiger partial charge in [-0.15, -0.1) is 0 Å². The van der Waals surface area contributed by atoms with Gasteiger partial charge in [0, 0.05) is 23.0 Å². The van der Waals surface area contributed by atoms with E-state index in [2.05, 4.69) is 28.2 Å². The predicted molar refractivity (Wildman–Crippen MR) is 62.7 cm³/mol. The van der Waals surface area contributed by atoms with Crippen LogP contribution in [-0.4, -0.2) is 20.2 Å². The van der Waals surface area contributed by atoms with E-state index in [1.54, 1.807) is 6.07 Å². The van der Waals surface area contributed by atoms with Gasteiger partial charge in [-0.3, -0.25) is 0 Å². The van der Waals surface area contributed by atoms with Crippen LogP contribution in [-0.2, 0) is 0 Å². The minimum Gasteiger partial charge on any atom is -0.493 e. The Morgan fingerprint density at radius 2 is 2.20 bits per heavy atom. The Labute approximate surface area is 98.0 Å². The molecule has 0 saturated heterocycles. The Kier molecular flexibility index (Phi) is 5.05. The molecule has 0 aliphatic heterocycles. The van der Waals surface area contributed by atoms with Gasteiger partial charge in [0.1, 0.15) is 11.6 Å². The number of hydrogen-bond acceptors (Lipinski definition) is 2. The van der Waals surface area contributed by atoms with Gasteiger partial charge in [-0.25, -0.2) is 4.39 Å². The van der Waals surface area contributed by atoms with Gasteiger partial charge in [-0.2, -0.15) is 0 Å². The fraction of sp³-hybridized carbons (Fsp3) is 0.455. The van der Waals surface area contributed by atoms with Crippen molar-refractivity contribution < 1.29 is 9.13 Å². The van der Waals surface area contributed by atoms with Gasteiger partial charge in [0.2, 0.25) is 0 Å². The molecule has 4 heteroatoms. The minimum atomic E-state index is -0.291. The molecule has 0 saturated carbocycles. The summed E-state index contributed by atoms with van der Waals surface area (Å²) in [6, 6.07) is 4.55. The summed E-state index contributed by atoms with van der Waals surface area (Å²) in [5.41, 5.74) is 0. The maximum Gasteiger partial charge on any atom is 0.128 e. The van der Waals surface area contributed by atoms with Crippen molar-refractivity contribution in [2.45, 2.75) is 6.92 Å². The minimum absolute atomic E-state index is 0.291. The summed E-state index contributed by atoms with van der Waals surface area (Å²) >= 11 is 3.22. The van der Waals surface area contributed by atoms with Crippen LogP contribution in [0.25, 0.3) is 0 Å². The molecule has 0 fully saturated rings. The SMILES string of the molecule is CNCC(C)COc1cc(F)cc(Br)c1. The Hall–Kier alpha value is -0.610. The third-order valence-corrected chi connectivity index (χ3v) is 2.38. The highest BCUT2D eigenvalue weighted by Gasteiger charge is 2.03. The summed E-state index contributed by atoms with van der Waals surface area (Å²) in [6.07, 6.45) is 0. The summed E-state index contributed by atoms with van der Waals surface area (Å²) in [7, 11) is 1.90. The summed E-state index contributed by atoms with van der Waals surface area (Å²) in [5.74, 6) is 0.669. The second kappa shape index (κ2) is 6.08. The number of rotatable bonds is 5. The Morgan fingerprint density at radius 1 is 1.47 bits per heavy atom. The lowest BCUT2D eigenvalue weighted by molar-refractivity contribution is 0.257. The first-order valence-electron chi connectivity index (χ1n) is 4.85. The van der Waals surface area contributed by atoms with Crippen LogP contribution in [0, 0.1) is 11.7 Å². The topological polar surface area (TPSA) is 21.3 Å². The Bertz CT molecular complexity index is 299. The van der Waals surface area contributed by atoms with Crippen LogP contribution in [0.3, 0.4) is 0 Å². The summed E-state index contributed by atoms with van der Waals surface area (Å²) in [6.45, 7) is 3.54. The molecule has 0 bridgehead atoms. The first kappa shape index (κ1) is 12.5. The summed E-state index contributed by atoms with van der Waals surface area (Å²) in [5, 5.41) is 3.06. The number of halogens is 2. The molecule has 1 aromatic rings. The summed E-state index contributed by atoms with van der Waals surface area (Å²) in [4.78, 5) is 0. The zero-order valence-corrected chi connectivity index (χ0v) is 10.5. The molecule has 2 nitrogen and oxygen atoms in total. The molecule has 15 heavy (non-hydrogen) atoms. The molecule has 0 heterocycles. The fourth-order valence-corrected chi connectivity index (χ4v) is 1.70. The van der Waals surface area contributed by atoms with Crippen LogP contribution < -0.4 is 10.1 Å². The second-order valence-electron chi connectivity index (χ2n) is 3.58. The van der Waals surface area contributed by atoms with Crippen LogP contribution in [0.2, 0.25) is 0 Å². The highest BCUT2D eigenvalue weighted by atomic mass is 79.9. The number of benzene rings is 1. The third-order valence-electron chi connectivity index (χ3n) is 1.92. The van der Waals surface area contributed by atoms with E-state index < -0.39 is 0 Å². The van der Waals surface area contributed by atoms with Gasteiger partial charge in [0.15, 0.2) is 0 Å². The highest BCUT2D eigenvalue weighted by Crippen LogP contribution is 2.20. The molecule has 0 radical (unpaired) electrons. The molecule has 1 rings (SSSR count). The maximum absolute atomic E-state index is 13.0. The van der Waals surface area contributed by atoms with Gasteiger partial charge in [0.05, 0.1) is 6.61 Å². The van der Waals surface area contributed by atoms with E-state index in [1.165, 1.54) is 12.1 Å². The Morgan fingerprint density at radius 3 is 2.80 bits per heavy atom. The average Bonchev–Trinajstić information content (AvgIpc) is 2.14. The quantitative estimate of drug-likeness (QED) is 0.893. The van der Waals surface area contributed by atoms with Gasteiger partial charge < -0.3 is 10.1 Å². The van der Waals surface area contributed by atoms with Gasteiger partial charge in [0.25, 0.3) is 0 Å². The lowest BCUT2D eigenvalue weighted by atomic mass is 10.2. The third kappa shape index (κ3) is 4.62. The van der Waals surface area contributed by atoms with Crippen LogP contribution in [0.15, 0.2) is 22.7 Å². The standard InChI is InChI=1S/C11H15BrFNO/c1-8(6-14-2)7-15-11-4-9(12)3-10(13)5-11/h3-5,8,14H,6-7H2,1-2H3. The second-order valence-corrected chi connectivity index (χ2v) is 4.49. The van der Waals surface area contributed by atoms with Crippen molar-refractivity contribution in [3.05, 3.63) is 28.5 Å². The van der Waals surface area contributed by atoms with Crippen LogP contribution >= 0.6 is 15.9 Å². The molecule has 1 atom stereocenters. The molecular weight excluding hydrogens is 261 g/mol. The monoisotopic (exact) mass is 275 g/mol. The maximum atomic E-state index is 13.0. The number of hydrogen-bond donors (Lipinski definition) is 1. The van der Waals surface area contributed by atoms with Crippen LogP contribution in [0.4, 0.5) is 4.39 Å². The van der Waals surface area contributed by atoms with E-state index in [9.17, 15) is 4.39 Å². The van der Waals surface area contributed by atoms with Crippen molar-refractivity contribution >= 4 is 15.9 Å². The van der Waals surface area contributed by atoms with Crippen molar-refractivity contribution in [2.24, 2.45) is 5.92 Å². The first-order chi connectivity index (χ1) is 7.11. The number of nitrogens with one attached hydrogen (secondary N) is 1. The van der Waals surface area contributed by atoms with E-state index in [1.807, 2.05) is 7.05 Å². The molecule has 0 aliphatic rings. The fourth-order valence-electron chi connectivity index (χ4n) is 1.26. The smallest absolute Gasteiger partial charge is 0.128 e. The summed E-state index contributed by atoms with van der Waals surface area (Å²) < 4.78 is 19.1. The zero-order valence-electron chi connectivity index (χ0n) is 8.89. The largest absolute Gasteiger partial charge is 0.493 e. The molecule has 0 spiro atoms. The van der Waals surface area contributed by atoms with Crippen LogP contribution in [0.1, 0.15) is 6.92 Å². The van der Waals surface area contributed by atoms with Crippen molar-refractivity contribution in [3.8, 4) is 5.75 Å². The molecule has 0 amide bonds. The lowest BCUT2D eigenvalue weighted by Gasteiger charge is -2.12. The van der Waals surface area contributed by atoms with E-state index in [0.717, 1.165) is 6.54 Å². The normalized spacial score (nSPS) is 12.5. The van der Waals surface area contributed by atoms with Crippen molar-refractivity contribution in [2.75, 3.05) is 20.2 Å². The predicted octanol–water partition coefficient (Wildman–Crippen LogP) is 2.82. The van der Waals surface area contributed by atoms with E-state index in [0.29, 0.717) is 22.7 Å². The van der Waals surface area contributed by atoms with E-state index in [-0.39, 0.29) is 5.82 Å². The molecular formula is C11H15BrFNO. The van der Waals surface area contributed by atoms with Gasteiger partial charge >= 0.3 is 0 Å². The van der Waals surface area contributed by atoms with Crippen molar-refractivity contribution in [1.82, 2.24) is 5.32 Å².